The highest BCUT2D eigenvalue weighted by Crippen LogP contribution is 2.34. The van der Waals surface area contributed by atoms with Gasteiger partial charge in [-0.15, -0.1) is 0 Å². The molecule has 7 heteroatoms. The molecule has 0 atom stereocenters. The molecule has 5 nitrogen and oxygen atoms in total. The highest BCUT2D eigenvalue weighted by atomic mass is 19.2. The molecule has 1 amide bonds. The molecule has 2 aliphatic rings. The van der Waals surface area contributed by atoms with Crippen molar-refractivity contribution >= 4 is 16.9 Å². The van der Waals surface area contributed by atoms with E-state index in [9.17, 15) is 13.6 Å². The SMILES string of the molecule is CC(=O)NC1CCC(CCN2CCC(c3noc4cc(F)c(F)cc34)CC2)CC1. The maximum absolute atomic E-state index is 13.6. The number of nitrogens with zero attached hydrogens (tertiary/aromatic N) is 2. The van der Waals surface area contributed by atoms with Gasteiger partial charge in [0.05, 0.1) is 5.69 Å². The average molecular weight is 405 g/mol. The lowest BCUT2D eigenvalue weighted by Gasteiger charge is -2.34. The molecule has 0 radical (unpaired) electrons. The van der Waals surface area contributed by atoms with Crippen molar-refractivity contribution in [1.82, 2.24) is 15.4 Å². The van der Waals surface area contributed by atoms with Crippen LogP contribution < -0.4 is 5.32 Å². The molecule has 29 heavy (non-hydrogen) atoms. The largest absolute Gasteiger partial charge is 0.356 e. The van der Waals surface area contributed by atoms with E-state index in [0.29, 0.717) is 17.0 Å². The van der Waals surface area contributed by atoms with Crippen LogP contribution in [0.5, 0.6) is 0 Å². The lowest BCUT2D eigenvalue weighted by atomic mass is 9.83. The van der Waals surface area contributed by atoms with E-state index in [4.69, 9.17) is 4.52 Å². The first-order valence-electron chi connectivity index (χ1n) is 10.7. The minimum absolute atomic E-state index is 0.0732. The number of benzene rings is 1. The number of nitrogens with one attached hydrogen (secondary N) is 1. The van der Waals surface area contributed by atoms with E-state index < -0.39 is 11.6 Å². The van der Waals surface area contributed by atoms with E-state index in [0.717, 1.165) is 63.0 Å². The zero-order valence-electron chi connectivity index (χ0n) is 16.9. The summed E-state index contributed by atoms with van der Waals surface area (Å²) in [5.74, 6) is -0.710. The van der Waals surface area contributed by atoms with Crippen LogP contribution in [-0.4, -0.2) is 41.6 Å². The zero-order chi connectivity index (χ0) is 20.4. The summed E-state index contributed by atoms with van der Waals surface area (Å²) >= 11 is 0. The first kappa shape index (κ1) is 20.3. The maximum atomic E-state index is 13.6. The molecule has 1 saturated carbocycles. The number of amides is 1. The normalized spacial score (nSPS) is 24.1. The van der Waals surface area contributed by atoms with Crippen molar-refractivity contribution in [3.63, 3.8) is 0 Å². The minimum atomic E-state index is -0.902. The second-order valence-corrected chi connectivity index (χ2v) is 8.65. The molecule has 1 N–H and O–H groups in total. The number of aromatic nitrogens is 1. The number of rotatable bonds is 5. The van der Waals surface area contributed by atoms with Crippen molar-refractivity contribution in [2.75, 3.05) is 19.6 Å². The predicted molar refractivity (Wildman–Crippen MR) is 107 cm³/mol. The Balaban J connectivity index is 1.24. The third-order valence-corrected chi connectivity index (χ3v) is 6.62. The van der Waals surface area contributed by atoms with Crippen LogP contribution in [0.2, 0.25) is 0 Å². The van der Waals surface area contributed by atoms with Crippen molar-refractivity contribution in [1.29, 1.82) is 0 Å². The summed E-state index contributed by atoms with van der Waals surface area (Å²) in [4.78, 5) is 13.7. The Labute approximate surface area is 169 Å². The monoisotopic (exact) mass is 405 g/mol. The summed E-state index contributed by atoms with van der Waals surface area (Å²) in [5, 5.41) is 7.75. The Bertz CT molecular complexity index is 853. The predicted octanol–water partition coefficient (Wildman–Crippen LogP) is 4.37. The standard InChI is InChI=1S/C22H29F2N3O2/c1-14(28)25-17-4-2-15(3-5-17)6-9-27-10-7-16(8-11-27)22-18-12-19(23)20(24)13-21(18)29-26-22/h12-13,15-17H,2-11H2,1H3,(H,25,28). The van der Waals surface area contributed by atoms with Crippen molar-refractivity contribution in [2.45, 2.75) is 63.8 Å². The summed E-state index contributed by atoms with van der Waals surface area (Å²) in [5.41, 5.74) is 1.08. The van der Waals surface area contributed by atoms with E-state index in [1.165, 1.54) is 25.3 Å². The molecule has 1 aromatic carbocycles. The van der Waals surface area contributed by atoms with Crippen molar-refractivity contribution in [3.8, 4) is 0 Å². The molecule has 1 aliphatic heterocycles. The number of piperidine rings is 1. The second kappa shape index (κ2) is 8.78. The van der Waals surface area contributed by atoms with Gasteiger partial charge in [0.2, 0.25) is 5.91 Å². The Hall–Kier alpha value is -2.02. The van der Waals surface area contributed by atoms with Crippen LogP contribution in [-0.2, 0) is 4.79 Å². The maximum Gasteiger partial charge on any atom is 0.217 e. The first-order valence-corrected chi connectivity index (χ1v) is 10.7. The number of halogens is 2. The zero-order valence-corrected chi connectivity index (χ0v) is 16.9. The minimum Gasteiger partial charge on any atom is -0.356 e. The number of fused-ring (bicyclic) bond motifs is 1. The van der Waals surface area contributed by atoms with Crippen LogP contribution in [0.25, 0.3) is 11.0 Å². The number of hydrogen-bond donors (Lipinski definition) is 1. The van der Waals surface area contributed by atoms with E-state index >= 15 is 0 Å². The first-order chi connectivity index (χ1) is 14.0. The van der Waals surface area contributed by atoms with E-state index in [1.54, 1.807) is 6.92 Å². The molecule has 1 aliphatic carbocycles. The van der Waals surface area contributed by atoms with Crippen LogP contribution in [0, 0.1) is 17.6 Å². The molecule has 158 valence electrons. The lowest BCUT2D eigenvalue weighted by Crippen LogP contribution is -2.37. The summed E-state index contributed by atoms with van der Waals surface area (Å²) in [6.07, 6.45) is 7.66. The molecule has 4 rings (SSSR count). The number of carbonyl (C=O) groups excluding carboxylic acids is 1. The average Bonchev–Trinajstić information content (AvgIpc) is 3.10. The van der Waals surface area contributed by atoms with Gasteiger partial charge in [-0.1, -0.05) is 5.16 Å². The molecule has 0 bridgehead atoms. The molecule has 0 spiro atoms. The van der Waals surface area contributed by atoms with Crippen molar-refractivity contribution in [2.24, 2.45) is 5.92 Å². The fraction of sp³-hybridized carbons (Fsp3) is 0.636. The molecule has 0 unspecified atom stereocenters. The second-order valence-electron chi connectivity index (χ2n) is 8.65. The fourth-order valence-corrected chi connectivity index (χ4v) is 4.92. The highest BCUT2D eigenvalue weighted by Gasteiger charge is 2.27. The molecule has 2 aromatic rings. The molecule has 1 saturated heterocycles. The number of likely N-dealkylation sites (tertiary alicyclic amines) is 1. The van der Waals surface area contributed by atoms with Gasteiger partial charge in [0.25, 0.3) is 0 Å². The van der Waals surface area contributed by atoms with Crippen LogP contribution in [0.3, 0.4) is 0 Å². The van der Waals surface area contributed by atoms with Gasteiger partial charge in [-0.3, -0.25) is 4.79 Å². The lowest BCUT2D eigenvalue weighted by molar-refractivity contribution is -0.119. The van der Waals surface area contributed by atoms with Gasteiger partial charge in [-0.25, -0.2) is 8.78 Å². The molecule has 2 fully saturated rings. The molecule has 1 aromatic heterocycles. The third kappa shape index (κ3) is 4.77. The molecular formula is C22H29F2N3O2. The Morgan fingerprint density at radius 2 is 1.83 bits per heavy atom. The van der Waals surface area contributed by atoms with E-state index in [1.807, 2.05) is 0 Å². The Morgan fingerprint density at radius 3 is 2.52 bits per heavy atom. The fourth-order valence-electron chi connectivity index (χ4n) is 4.92. The van der Waals surface area contributed by atoms with Gasteiger partial charge in [0.1, 0.15) is 0 Å². The van der Waals surface area contributed by atoms with Gasteiger partial charge < -0.3 is 14.7 Å². The van der Waals surface area contributed by atoms with Crippen LogP contribution in [0.4, 0.5) is 8.78 Å². The van der Waals surface area contributed by atoms with Crippen LogP contribution >= 0.6 is 0 Å². The number of carbonyl (C=O) groups is 1. The summed E-state index contributed by atoms with van der Waals surface area (Å²) in [6, 6.07) is 2.65. The Kier molecular flexibility index (Phi) is 6.13. The quantitative estimate of drug-likeness (QED) is 0.803. The topological polar surface area (TPSA) is 58.4 Å². The Morgan fingerprint density at radius 1 is 1.14 bits per heavy atom. The van der Waals surface area contributed by atoms with E-state index in [2.05, 4.69) is 15.4 Å². The van der Waals surface area contributed by atoms with Crippen LogP contribution in [0.15, 0.2) is 16.7 Å². The van der Waals surface area contributed by atoms with Crippen molar-refractivity contribution < 1.29 is 18.1 Å². The summed E-state index contributed by atoms with van der Waals surface area (Å²) in [6.45, 7) is 4.67. The van der Waals surface area contributed by atoms with Gasteiger partial charge in [-0.2, -0.15) is 0 Å². The highest BCUT2D eigenvalue weighted by molar-refractivity contribution is 5.80. The van der Waals surface area contributed by atoms with Crippen LogP contribution in [0.1, 0.15) is 63.5 Å². The third-order valence-electron chi connectivity index (χ3n) is 6.62. The van der Waals surface area contributed by atoms with Crippen molar-refractivity contribution in [3.05, 3.63) is 29.5 Å². The van der Waals surface area contributed by atoms with Gasteiger partial charge in [0, 0.05) is 30.3 Å². The molecular weight excluding hydrogens is 376 g/mol. The smallest absolute Gasteiger partial charge is 0.217 e. The summed E-state index contributed by atoms with van der Waals surface area (Å²) in [7, 11) is 0. The molecule has 2 heterocycles. The van der Waals surface area contributed by atoms with E-state index in [-0.39, 0.29) is 11.8 Å². The van der Waals surface area contributed by atoms with Gasteiger partial charge >= 0.3 is 0 Å². The summed E-state index contributed by atoms with van der Waals surface area (Å²) < 4.78 is 32.2. The van der Waals surface area contributed by atoms with Gasteiger partial charge in [0.15, 0.2) is 17.2 Å². The van der Waals surface area contributed by atoms with Gasteiger partial charge in [-0.05, 0) is 76.6 Å². The number of hydrogen-bond acceptors (Lipinski definition) is 4.